The Balaban J connectivity index is 1.86. The fraction of sp³-hybridized carbons (Fsp3) is 0.167. The van der Waals surface area contributed by atoms with E-state index in [1.807, 2.05) is 0 Å². The predicted octanol–water partition coefficient (Wildman–Crippen LogP) is 2.31. The first-order valence-corrected chi connectivity index (χ1v) is 8.02. The molecule has 0 aliphatic carbocycles. The van der Waals surface area contributed by atoms with Gasteiger partial charge in [0.05, 0.1) is 16.2 Å². The summed E-state index contributed by atoms with van der Waals surface area (Å²) in [6, 6.07) is 10.4. The van der Waals surface area contributed by atoms with Crippen LogP contribution in [0.15, 0.2) is 47.3 Å². The van der Waals surface area contributed by atoms with Gasteiger partial charge in [0.25, 0.3) is 11.2 Å². The molecule has 1 aromatic carbocycles. The zero-order valence-electron chi connectivity index (χ0n) is 14.6. The molecule has 3 aromatic rings. The summed E-state index contributed by atoms with van der Waals surface area (Å²) in [5, 5.41) is 13.7. The molecule has 0 fully saturated rings. The summed E-state index contributed by atoms with van der Waals surface area (Å²) in [7, 11) is 1.59. The normalized spacial score (nSPS) is 10.6. The molecule has 1 N–H and O–H groups in total. The molecule has 0 saturated heterocycles. The Morgan fingerprint density at radius 3 is 2.78 bits per heavy atom. The van der Waals surface area contributed by atoms with E-state index in [1.54, 1.807) is 32.2 Å². The second kappa shape index (κ2) is 7.24. The molecule has 3 rings (SSSR count). The fourth-order valence-corrected chi connectivity index (χ4v) is 2.69. The minimum Gasteiger partial charge on any atom is -0.456 e. The number of esters is 1. The molecule has 9 heteroatoms. The lowest BCUT2D eigenvalue weighted by molar-refractivity contribution is -0.384. The van der Waals surface area contributed by atoms with Gasteiger partial charge in [-0.05, 0) is 25.1 Å². The number of anilines is 1. The van der Waals surface area contributed by atoms with E-state index in [9.17, 15) is 19.7 Å². The molecule has 0 aliphatic heterocycles. The van der Waals surface area contributed by atoms with Crippen molar-refractivity contribution in [1.29, 1.82) is 0 Å². The Morgan fingerprint density at radius 1 is 1.30 bits per heavy atom. The van der Waals surface area contributed by atoms with Crippen LogP contribution in [-0.2, 0) is 11.3 Å². The molecule has 0 spiro atoms. The lowest BCUT2D eigenvalue weighted by atomic mass is 10.1. The standard InChI is InChI=1S/C18H16N4O5/c1-11-4-3-5-16-20-12(8-17(23)21(11)16)10-27-18(24)14-9-13(22(25)26)6-7-15(14)19-2/h3-9,19H,10H2,1-2H3. The van der Waals surface area contributed by atoms with E-state index in [2.05, 4.69) is 10.3 Å². The van der Waals surface area contributed by atoms with Crippen LogP contribution in [0.5, 0.6) is 0 Å². The Morgan fingerprint density at radius 2 is 2.07 bits per heavy atom. The van der Waals surface area contributed by atoms with Gasteiger partial charge in [0.15, 0.2) is 0 Å². The molecule has 0 saturated carbocycles. The number of aromatic nitrogens is 2. The van der Waals surface area contributed by atoms with Crippen LogP contribution < -0.4 is 10.9 Å². The van der Waals surface area contributed by atoms with Crippen molar-refractivity contribution in [3.63, 3.8) is 0 Å². The predicted molar refractivity (Wildman–Crippen MR) is 98.0 cm³/mol. The highest BCUT2D eigenvalue weighted by Crippen LogP contribution is 2.23. The van der Waals surface area contributed by atoms with Crippen LogP contribution in [0.2, 0.25) is 0 Å². The molecule has 2 heterocycles. The van der Waals surface area contributed by atoms with Crippen LogP contribution in [0.25, 0.3) is 5.65 Å². The van der Waals surface area contributed by atoms with Crippen molar-refractivity contribution in [2.24, 2.45) is 0 Å². The molecule has 9 nitrogen and oxygen atoms in total. The molecule has 0 radical (unpaired) electrons. The van der Waals surface area contributed by atoms with E-state index in [0.717, 1.165) is 11.8 Å². The maximum absolute atomic E-state index is 12.4. The second-order valence-corrected chi connectivity index (χ2v) is 5.76. The minimum absolute atomic E-state index is 0.0278. The number of carbonyl (C=O) groups excluding carboxylic acids is 1. The van der Waals surface area contributed by atoms with E-state index in [0.29, 0.717) is 11.3 Å². The third-order valence-corrected chi connectivity index (χ3v) is 3.99. The zero-order chi connectivity index (χ0) is 19.6. The number of aryl methyl sites for hydroxylation is 1. The smallest absolute Gasteiger partial charge is 0.340 e. The third-order valence-electron chi connectivity index (χ3n) is 3.99. The molecule has 0 bridgehead atoms. The number of ether oxygens (including phenoxy) is 1. The number of non-ortho nitro benzene ring substituents is 1. The number of nitrogens with one attached hydrogen (secondary N) is 1. The van der Waals surface area contributed by atoms with Crippen LogP contribution >= 0.6 is 0 Å². The van der Waals surface area contributed by atoms with Crippen molar-refractivity contribution in [2.45, 2.75) is 13.5 Å². The van der Waals surface area contributed by atoms with E-state index < -0.39 is 10.9 Å². The molecular formula is C18H16N4O5. The molecule has 27 heavy (non-hydrogen) atoms. The van der Waals surface area contributed by atoms with Crippen LogP contribution in [0.3, 0.4) is 0 Å². The summed E-state index contributed by atoms with van der Waals surface area (Å²) >= 11 is 0. The van der Waals surface area contributed by atoms with E-state index in [4.69, 9.17) is 4.74 Å². The van der Waals surface area contributed by atoms with Gasteiger partial charge in [-0.1, -0.05) is 6.07 Å². The summed E-state index contributed by atoms with van der Waals surface area (Å²) in [4.78, 5) is 39.3. The molecule has 0 unspecified atom stereocenters. The lowest BCUT2D eigenvalue weighted by Gasteiger charge is -2.10. The van der Waals surface area contributed by atoms with Crippen molar-refractivity contribution in [2.75, 3.05) is 12.4 Å². The quantitative estimate of drug-likeness (QED) is 0.417. The Bertz CT molecular complexity index is 1110. The average Bonchev–Trinajstić information content (AvgIpc) is 2.65. The third kappa shape index (κ3) is 3.61. The Labute approximate surface area is 153 Å². The number of pyridine rings is 1. The number of fused-ring (bicyclic) bond motifs is 1. The highest BCUT2D eigenvalue weighted by Gasteiger charge is 2.18. The number of nitrogens with zero attached hydrogens (tertiary/aromatic N) is 3. The summed E-state index contributed by atoms with van der Waals surface area (Å²) in [6.45, 7) is 1.56. The second-order valence-electron chi connectivity index (χ2n) is 5.76. The first-order chi connectivity index (χ1) is 12.9. The molecule has 2 aromatic heterocycles. The van der Waals surface area contributed by atoms with E-state index in [1.165, 1.54) is 22.6 Å². The summed E-state index contributed by atoms with van der Waals surface area (Å²) in [5.41, 5.74) is 1.39. The van der Waals surface area contributed by atoms with Gasteiger partial charge in [-0.15, -0.1) is 0 Å². The first kappa shape index (κ1) is 18.1. The van der Waals surface area contributed by atoms with E-state index >= 15 is 0 Å². The molecule has 138 valence electrons. The summed E-state index contributed by atoms with van der Waals surface area (Å²) in [6.07, 6.45) is 0. The first-order valence-electron chi connectivity index (χ1n) is 8.02. The Kier molecular flexibility index (Phi) is 4.84. The molecule has 0 aliphatic rings. The topological polar surface area (TPSA) is 116 Å². The van der Waals surface area contributed by atoms with Gasteiger partial charge < -0.3 is 10.1 Å². The van der Waals surface area contributed by atoms with Gasteiger partial charge >= 0.3 is 5.97 Å². The van der Waals surface area contributed by atoms with Crippen molar-refractivity contribution in [3.05, 3.63) is 79.9 Å². The largest absolute Gasteiger partial charge is 0.456 e. The van der Waals surface area contributed by atoms with Crippen LogP contribution in [0.1, 0.15) is 21.7 Å². The number of benzene rings is 1. The highest BCUT2D eigenvalue weighted by molar-refractivity contribution is 5.96. The molecule has 0 atom stereocenters. The fourth-order valence-electron chi connectivity index (χ4n) is 2.69. The maximum atomic E-state index is 12.4. The minimum atomic E-state index is -0.755. The maximum Gasteiger partial charge on any atom is 0.340 e. The molecular weight excluding hydrogens is 352 g/mol. The number of rotatable bonds is 5. The number of hydrogen-bond donors (Lipinski definition) is 1. The SMILES string of the molecule is CNc1ccc([N+](=O)[O-])cc1C(=O)OCc1cc(=O)n2c(C)cccc2n1. The van der Waals surface area contributed by atoms with Gasteiger partial charge in [-0.3, -0.25) is 19.3 Å². The van der Waals surface area contributed by atoms with Gasteiger partial charge in [0.1, 0.15) is 12.3 Å². The number of carbonyl (C=O) groups is 1. The van der Waals surface area contributed by atoms with Crippen LogP contribution in [0, 0.1) is 17.0 Å². The average molecular weight is 368 g/mol. The van der Waals surface area contributed by atoms with Gasteiger partial charge in [0, 0.05) is 36.6 Å². The van der Waals surface area contributed by atoms with Crippen molar-refractivity contribution in [1.82, 2.24) is 9.38 Å². The Hall–Kier alpha value is -3.75. The summed E-state index contributed by atoms with van der Waals surface area (Å²) < 4.78 is 6.66. The van der Waals surface area contributed by atoms with Gasteiger partial charge in [-0.25, -0.2) is 9.78 Å². The number of nitro groups is 1. The zero-order valence-corrected chi connectivity index (χ0v) is 14.6. The van der Waals surface area contributed by atoms with Crippen molar-refractivity contribution in [3.8, 4) is 0 Å². The monoisotopic (exact) mass is 368 g/mol. The van der Waals surface area contributed by atoms with E-state index in [-0.39, 0.29) is 29.1 Å². The van der Waals surface area contributed by atoms with Crippen molar-refractivity contribution < 1.29 is 14.5 Å². The highest BCUT2D eigenvalue weighted by atomic mass is 16.6. The molecule has 0 amide bonds. The van der Waals surface area contributed by atoms with Gasteiger partial charge in [-0.2, -0.15) is 0 Å². The van der Waals surface area contributed by atoms with Crippen LogP contribution in [0.4, 0.5) is 11.4 Å². The lowest BCUT2D eigenvalue weighted by Crippen LogP contribution is -2.18. The van der Waals surface area contributed by atoms with Crippen LogP contribution in [-0.4, -0.2) is 27.3 Å². The number of nitro benzene ring substituents is 1. The number of hydrogen-bond acceptors (Lipinski definition) is 7. The van der Waals surface area contributed by atoms with Gasteiger partial charge in [0.2, 0.25) is 0 Å². The summed E-state index contributed by atoms with van der Waals surface area (Å²) in [5.74, 6) is -0.755. The van der Waals surface area contributed by atoms with Crippen molar-refractivity contribution >= 4 is 23.0 Å².